The topological polar surface area (TPSA) is 80.9 Å². The van der Waals surface area contributed by atoms with E-state index in [2.05, 4.69) is 15.5 Å². The number of nitrogens with zero attached hydrogens (tertiary/aromatic N) is 4. The van der Waals surface area contributed by atoms with Crippen molar-refractivity contribution in [3.63, 3.8) is 0 Å². The second-order valence-corrected chi connectivity index (χ2v) is 5.55. The normalized spacial score (nSPS) is 22.9. The summed E-state index contributed by atoms with van der Waals surface area (Å²) in [6, 6.07) is 0. The molecule has 2 aliphatic carbocycles. The van der Waals surface area contributed by atoms with Gasteiger partial charge in [0.1, 0.15) is 0 Å². The van der Waals surface area contributed by atoms with E-state index in [1.165, 1.54) is 25.7 Å². The molecule has 0 radical (unpaired) electrons. The van der Waals surface area contributed by atoms with E-state index in [4.69, 9.17) is 0 Å². The quantitative estimate of drug-likeness (QED) is 0.872. The predicted octanol–water partition coefficient (Wildman–Crippen LogP) is 1.37. The van der Waals surface area contributed by atoms with Gasteiger partial charge in [0.25, 0.3) is 0 Å². The van der Waals surface area contributed by atoms with E-state index in [1.807, 2.05) is 0 Å². The van der Waals surface area contributed by atoms with Crippen LogP contribution < -0.4 is 0 Å². The molecule has 6 heteroatoms. The Balaban J connectivity index is 1.84. The minimum absolute atomic E-state index is 0.626. The Morgan fingerprint density at radius 3 is 2.61 bits per heavy atom. The summed E-state index contributed by atoms with van der Waals surface area (Å²) >= 11 is 0. The first kappa shape index (κ1) is 11.6. The molecule has 2 saturated carbocycles. The van der Waals surface area contributed by atoms with Gasteiger partial charge >= 0.3 is 5.97 Å². The molecule has 3 rings (SSSR count). The highest BCUT2D eigenvalue weighted by Crippen LogP contribution is 2.40. The molecule has 98 valence electrons. The fraction of sp³-hybridized carbons (Fsp3) is 0.833. The molecule has 2 fully saturated rings. The molecule has 0 spiro atoms. The predicted molar refractivity (Wildman–Crippen MR) is 62.9 cm³/mol. The van der Waals surface area contributed by atoms with Crippen molar-refractivity contribution >= 4 is 5.97 Å². The molecule has 1 N–H and O–H groups in total. The van der Waals surface area contributed by atoms with Crippen LogP contribution in [-0.2, 0) is 16.8 Å². The van der Waals surface area contributed by atoms with E-state index in [9.17, 15) is 9.90 Å². The van der Waals surface area contributed by atoms with Crippen molar-refractivity contribution < 1.29 is 9.90 Å². The maximum absolute atomic E-state index is 11.5. The standard InChI is InChI=1S/C12H18N4O2/c17-11(18)12(6-3-7-12)16-10(13-14-15-16)8-9-4-1-2-5-9/h9H,1-8H2,(H,17,18). The molecule has 1 aromatic rings. The van der Waals surface area contributed by atoms with Crippen LogP contribution in [0.15, 0.2) is 0 Å². The number of carbonyl (C=O) groups is 1. The first-order chi connectivity index (χ1) is 8.72. The maximum atomic E-state index is 11.5. The van der Waals surface area contributed by atoms with Gasteiger partial charge in [-0.2, -0.15) is 0 Å². The summed E-state index contributed by atoms with van der Waals surface area (Å²) in [4.78, 5) is 11.5. The smallest absolute Gasteiger partial charge is 0.331 e. The summed E-state index contributed by atoms with van der Waals surface area (Å²) in [5.74, 6) is 0.582. The van der Waals surface area contributed by atoms with Crippen molar-refractivity contribution in [1.82, 2.24) is 20.2 Å². The summed E-state index contributed by atoms with van der Waals surface area (Å²) in [7, 11) is 0. The Hall–Kier alpha value is -1.46. The van der Waals surface area contributed by atoms with E-state index in [0.717, 1.165) is 18.7 Å². The van der Waals surface area contributed by atoms with Gasteiger partial charge in [-0.15, -0.1) is 5.10 Å². The zero-order valence-corrected chi connectivity index (χ0v) is 10.4. The fourth-order valence-corrected chi connectivity index (χ4v) is 3.17. The highest BCUT2D eigenvalue weighted by atomic mass is 16.4. The Morgan fingerprint density at radius 1 is 1.33 bits per heavy atom. The molecule has 1 aromatic heterocycles. The summed E-state index contributed by atoms with van der Waals surface area (Å²) in [6.45, 7) is 0. The average molecular weight is 250 g/mol. The minimum Gasteiger partial charge on any atom is -0.479 e. The number of aromatic nitrogens is 4. The molecule has 0 aliphatic heterocycles. The molecule has 0 aromatic carbocycles. The van der Waals surface area contributed by atoms with Crippen LogP contribution in [0, 0.1) is 5.92 Å². The van der Waals surface area contributed by atoms with E-state index in [-0.39, 0.29) is 0 Å². The van der Waals surface area contributed by atoms with Gasteiger partial charge in [-0.05, 0) is 35.6 Å². The van der Waals surface area contributed by atoms with Gasteiger partial charge in [-0.1, -0.05) is 25.7 Å². The molecule has 0 unspecified atom stereocenters. The van der Waals surface area contributed by atoms with E-state index in [0.29, 0.717) is 18.8 Å². The molecule has 0 amide bonds. The van der Waals surface area contributed by atoms with Crippen molar-refractivity contribution in [3.05, 3.63) is 5.82 Å². The highest BCUT2D eigenvalue weighted by molar-refractivity contribution is 5.77. The van der Waals surface area contributed by atoms with Gasteiger partial charge in [0.05, 0.1) is 0 Å². The Kier molecular flexibility index (Phi) is 2.80. The third-order valence-electron chi connectivity index (χ3n) is 4.46. The lowest BCUT2D eigenvalue weighted by Crippen LogP contribution is -2.49. The lowest BCUT2D eigenvalue weighted by atomic mass is 9.76. The second-order valence-electron chi connectivity index (χ2n) is 5.55. The van der Waals surface area contributed by atoms with Crippen LogP contribution in [0.5, 0.6) is 0 Å². The highest BCUT2D eigenvalue weighted by Gasteiger charge is 2.49. The minimum atomic E-state index is -0.864. The van der Waals surface area contributed by atoms with Crippen LogP contribution in [0.1, 0.15) is 50.8 Å². The van der Waals surface area contributed by atoms with E-state index >= 15 is 0 Å². The number of carboxylic acids is 1. The van der Waals surface area contributed by atoms with Crippen molar-refractivity contribution in [2.75, 3.05) is 0 Å². The number of aliphatic carboxylic acids is 1. The van der Waals surface area contributed by atoms with Crippen LogP contribution in [0.4, 0.5) is 0 Å². The third kappa shape index (κ3) is 1.71. The average Bonchev–Trinajstić information content (AvgIpc) is 2.89. The van der Waals surface area contributed by atoms with Crippen molar-refractivity contribution in [2.45, 2.75) is 56.9 Å². The Morgan fingerprint density at radius 2 is 2.06 bits per heavy atom. The van der Waals surface area contributed by atoms with Gasteiger partial charge in [0.2, 0.25) is 0 Å². The van der Waals surface area contributed by atoms with Gasteiger partial charge in [0, 0.05) is 6.42 Å². The molecular weight excluding hydrogens is 232 g/mol. The number of rotatable bonds is 4. The Bertz CT molecular complexity index is 447. The maximum Gasteiger partial charge on any atom is 0.331 e. The molecule has 1 heterocycles. The van der Waals surface area contributed by atoms with Crippen LogP contribution in [0.2, 0.25) is 0 Å². The SMILES string of the molecule is O=C(O)C1(n2nnnc2CC2CCCC2)CCC1. The van der Waals surface area contributed by atoms with Gasteiger partial charge in [0.15, 0.2) is 11.4 Å². The number of tetrazole rings is 1. The summed E-state index contributed by atoms with van der Waals surface area (Å²) < 4.78 is 1.58. The molecular formula is C12H18N4O2. The van der Waals surface area contributed by atoms with Crippen molar-refractivity contribution in [3.8, 4) is 0 Å². The van der Waals surface area contributed by atoms with Crippen LogP contribution in [0.3, 0.4) is 0 Å². The van der Waals surface area contributed by atoms with Crippen molar-refractivity contribution in [2.24, 2.45) is 5.92 Å². The molecule has 0 atom stereocenters. The lowest BCUT2D eigenvalue weighted by molar-refractivity contribution is -0.153. The zero-order valence-electron chi connectivity index (χ0n) is 10.4. The number of carboxylic acid groups (broad SMARTS) is 1. The van der Waals surface area contributed by atoms with E-state index < -0.39 is 11.5 Å². The summed E-state index contributed by atoms with van der Waals surface area (Å²) in [6.07, 6.45) is 8.03. The molecule has 0 saturated heterocycles. The molecule has 6 nitrogen and oxygen atoms in total. The number of hydrogen-bond donors (Lipinski definition) is 1. The van der Waals surface area contributed by atoms with Crippen molar-refractivity contribution in [1.29, 1.82) is 0 Å². The summed E-state index contributed by atoms with van der Waals surface area (Å²) in [5, 5.41) is 21.1. The van der Waals surface area contributed by atoms with Crippen LogP contribution in [0.25, 0.3) is 0 Å². The zero-order chi connectivity index (χ0) is 12.6. The molecule has 18 heavy (non-hydrogen) atoms. The van der Waals surface area contributed by atoms with Crippen LogP contribution in [-0.4, -0.2) is 31.3 Å². The largest absolute Gasteiger partial charge is 0.479 e. The van der Waals surface area contributed by atoms with E-state index in [1.54, 1.807) is 4.68 Å². The second kappa shape index (κ2) is 4.33. The number of hydrogen-bond acceptors (Lipinski definition) is 4. The fourth-order valence-electron chi connectivity index (χ4n) is 3.17. The van der Waals surface area contributed by atoms with Gasteiger partial charge in [-0.3, -0.25) is 0 Å². The monoisotopic (exact) mass is 250 g/mol. The first-order valence-corrected chi connectivity index (χ1v) is 6.73. The van der Waals surface area contributed by atoms with Gasteiger partial charge in [-0.25, -0.2) is 9.48 Å². The summed E-state index contributed by atoms with van der Waals surface area (Å²) in [5.41, 5.74) is -0.864. The Labute approximate surface area is 105 Å². The molecule has 0 bridgehead atoms. The third-order valence-corrected chi connectivity index (χ3v) is 4.46. The first-order valence-electron chi connectivity index (χ1n) is 6.73. The molecule has 2 aliphatic rings. The lowest BCUT2D eigenvalue weighted by Gasteiger charge is -2.37. The van der Waals surface area contributed by atoms with Crippen LogP contribution >= 0.6 is 0 Å². The van der Waals surface area contributed by atoms with Gasteiger partial charge < -0.3 is 5.11 Å².